The van der Waals surface area contributed by atoms with E-state index < -0.39 is 0 Å². The van der Waals surface area contributed by atoms with E-state index >= 15 is 0 Å². The number of thiazole rings is 1. The molecular formula is C19H16N2O3S. The third-order valence-electron chi connectivity index (χ3n) is 4.19. The normalized spacial score (nSPS) is 11.2. The Kier molecular flexibility index (Phi) is 3.69. The van der Waals surface area contributed by atoms with E-state index in [4.69, 9.17) is 9.15 Å². The first-order chi connectivity index (χ1) is 12.1. The minimum atomic E-state index is -0.302. The van der Waals surface area contributed by atoms with Crippen LogP contribution in [0.5, 0.6) is 5.75 Å². The fourth-order valence-corrected chi connectivity index (χ4v) is 3.78. The first kappa shape index (κ1) is 15.7. The molecule has 0 aliphatic heterocycles. The minimum Gasteiger partial charge on any atom is -0.497 e. The smallest absolute Gasteiger partial charge is 0.293 e. The van der Waals surface area contributed by atoms with E-state index in [2.05, 4.69) is 10.3 Å². The summed E-state index contributed by atoms with van der Waals surface area (Å²) in [5.74, 6) is 0.679. The number of benzene rings is 2. The lowest BCUT2D eigenvalue weighted by atomic mass is 10.1. The largest absolute Gasteiger partial charge is 0.497 e. The summed E-state index contributed by atoms with van der Waals surface area (Å²) in [6.07, 6.45) is 0. The molecule has 2 aromatic heterocycles. The average molecular weight is 352 g/mol. The maximum absolute atomic E-state index is 12.7. The van der Waals surface area contributed by atoms with Crippen molar-refractivity contribution in [1.82, 2.24) is 4.98 Å². The molecule has 0 spiro atoms. The van der Waals surface area contributed by atoms with Gasteiger partial charge in [-0.3, -0.25) is 10.1 Å². The minimum absolute atomic E-state index is 0.291. The van der Waals surface area contributed by atoms with E-state index in [1.165, 1.54) is 11.3 Å². The van der Waals surface area contributed by atoms with Gasteiger partial charge in [0.2, 0.25) is 0 Å². The van der Waals surface area contributed by atoms with Crippen LogP contribution in [0.1, 0.15) is 21.7 Å². The summed E-state index contributed by atoms with van der Waals surface area (Å²) in [6, 6.07) is 11.5. The number of aryl methyl sites for hydroxylation is 2. The molecule has 0 unspecified atom stereocenters. The molecule has 0 aliphatic rings. The summed E-state index contributed by atoms with van der Waals surface area (Å²) in [6.45, 7) is 3.88. The van der Waals surface area contributed by atoms with Gasteiger partial charge in [0.25, 0.3) is 5.91 Å². The van der Waals surface area contributed by atoms with Crippen LogP contribution in [0.3, 0.4) is 0 Å². The zero-order valence-corrected chi connectivity index (χ0v) is 14.9. The SMILES string of the molecule is COc1ccc2c(C)c(C(=O)Nc3nc4c(C)cccc4s3)oc2c1. The number of hydrogen-bond donors (Lipinski definition) is 1. The van der Waals surface area contributed by atoms with Crippen LogP contribution in [0, 0.1) is 13.8 Å². The number of furan rings is 1. The van der Waals surface area contributed by atoms with Crippen LogP contribution in [0.4, 0.5) is 5.13 Å². The maximum atomic E-state index is 12.7. The number of ether oxygens (including phenoxy) is 1. The molecule has 0 aliphatic carbocycles. The van der Waals surface area contributed by atoms with Gasteiger partial charge in [0.15, 0.2) is 10.9 Å². The number of anilines is 1. The van der Waals surface area contributed by atoms with E-state index in [-0.39, 0.29) is 5.91 Å². The Bertz CT molecular complexity index is 1110. The fourth-order valence-electron chi connectivity index (χ4n) is 2.84. The molecule has 0 fully saturated rings. The highest BCUT2D eigenvalue weighted by Crippen LogP contribution is 2.31. The predicted molar refractivity (Wildman–Crippen MR) is 99.8 cm³/mol. The molecule has 0 radical (unpaired) electrons. The van der Waals surface area contributed by atoms with Crippen LogP contribution in [-0.4, -0.2) is 18.0 Å². The van der Waals surface area contributed by atoms with Gasteiger partial charge in [-0.15, -0.1) is 0 Å². The van der Waals surface area contributed by atoms with Gasteiger partial charge in [0.1, 0.15) is 11.3 Å². The lowest BCUT2D eigenvalue weighted by Gasteiger charge is -1.98. The first-order valence-electron chi connectivity index (χ1n) is 7.81. The number of nitrogens with one attached hydrogen (secondary N) is 1. The third kappa shape index (κ3) is 2.64. The summed E-state index contributed by atoms with van der Waals surface area (Å²) < 4.78 is 12.0. The van der Waals surface area contributed by atoms with E-state index in [9.17, 15) is 4.79 Å². The van der Waals surface area contributed by atoms with Crippen LogP contribution in [0.2, 0.25) is 0 Å². The van der Waals surface area contributed by atoms with Crippen LogP contribution in [0.25, 0.3) is 21.2 Å². The van der Waals surface area contributed by atoms with Gasteiger partial charge in [0, 0.05) is 17.0 Å². The van der Waals surface area contributed by atoms with Gasteiger partial charge in [-0.05, 0) is 37.6 Å². The van der Waals surface area contributed by atoms with Crippen molar-refractivity contribution in [3.63, 3.8) is 0 Å². The summed E-state index contributed by atoms with van der Waals surface area (Å²) in [4.78, 5) is 17.2. The highest BCUT2D eigenvalue weighted by atomic mass is 32.1. The summed E-state index contributed by atoms with van der Waals surface area (Å²) >= 11 is 1.45. The van der Waals surface area contributed by atoms with Crippen molar-refractivity contribution in [2.24, 2.45) is 0 Å². The Hall–Kier alpha value is -2.86. The van der Waals surface area contributed by atoms with Crippen molar-refractivity contribution in [2.75, 3.05) is 12.4 Å². The molecule has 1 N–H and O–H groups in total. The predicted octanol–water partition coefficient (Wildman–Crippen LogP) is 4.92. The monoisotopic (exact) mass is 352 g/mol. The molecule has 4 rings (SSSR count). The van der Waals surface area contributed by atoms with Gasteiger partial charge < -0.3 is 9.15 Å². The quantitative estimate of drug-likeness (QED) is 0.568. The number of para-hydroxylation sites is 1. The third-order valence-corrected chi connectivity index (χ3v) is 5.13. The fraction of sp³-hybridized carbons (Fsp3) is 0.158. The number of methoxy groups -OCH3 is 1. The molecule has 25 heavy (non-hydrogen) atoms. The molecule has 0 bridgehead atoms. The Morgan fingerprint density at radius 3 is 2.84 bits per heavy atom. The number of carbonyl (C=O) groups excluding carboxylic acids is 1. The van der Waals surface area contributed by atoms with Gasteiger partial charge in [-0.1, -0.05) is 23.5 Å². The number of fused-ring (bicyclic) bond motifs is 2. The molecule has 4 aromatic rings. The van der Waals surface area contributed by atoms with Crippen molar-refractivity contribution in [1.29, 1.82) is 0 Å². The lowest BCUT2D eigenvalue weighted by Crippen LogP contribution is -2.11. The second-order valence-corrected chi connectivity index (χ2v) is 6.84. The summed E-state index contributed by atoms with van der Waals surface area (Å²) in [5, 5.41) is 4.31. The van der Waals surface area contributed by atoms with Gasteiger partial charge >= 0.3 is 0 Å². The Balaban J connectivity index is 1.69. The van der Waals surface area contributed by atoms with Crippen molar-refractivity contribution >= 4 is 43.6 Å². The van der Waals surface area contributed by atoms with Gasteiger partial charge in [-0.2, -0.15) is 0 Å². The molecule has 1 amide bonds. The molecular weight excluding hydrogens is 336 g/mol. The van der Waals surface area contributed by atoms with Gasteiger partial charge in [-0.25, -0.2) is 4.98 Å². The topological polar surface area (TPSA) is 64.4 Å². The van der Waals surface area contributed by atoms with Crippen LogP contribution < -0.4 is 10.1 Å². The van der Waals surface area contributed by atoms with E-state index in [0.29, 0.717) is 22.2 Å². The molecule has 6 heteroatoms. The maximum Gasteiger partial charge on any atom is 0.293 e. The molecule has 0 saturated heterocycles. The highest BCUT2D eigenvalue weighted by Gasteiger charge is 2.19. The van der Waals surface area contributed by atoms with Crippen molar-refractivity contribution in [3.05, 3.63) is 53.3 Å². The molecule has 0 atom stereocenters. The molecule has 5 nitrogen and oxygen atoms in total. The summed E-state index contributed by atoms with van der Waals surface area (Å²) in [5.41, 5.74) is 3.42. The number of carbonyl (C=O) groups is 1. The second-order valence-electron chi connectivity index (χ2n) is 5.81. The van der Waals surface area contributed by atoms with E-state index in [1.54, 1.807) is 13.2 Å². The van der Waals surface area contributed by atoms with Crippen molar-refractivity contribution < 1.29 is 13.9 Å². The average Bonchev–Trinajstić information content (AvgIpc) is 3.16. The molecule has 0 saturated carbocycles. The van der Waals surface area contributed by atoms with E-state index in [1.807, 2.05) is 44.2 Å². The molecule has 2 heterocycles. The first-order valence-corrected chi connectivity index (χ1v) is 8.63. The zero-order chi connectivity index (χ0) is 17.6. The number of aromatic nitrogens is 1. The van der Waals surface area contributed by atoms with Crippen LogP contribution in [-0.2, 0) is 0 Å². The summed E-state index contributed by atoms with van der Waals surface area (Å²) in [7, 11) is 1.60. The molecule has 2 aromatic carbocycles. The Labute approximate surface area is 148 Å². The number of hydrogen-bond acceptors (Lipinski definition) is 5. The Morgan fingerprint density at radius 2 is 2.08 bits per heavy atom. The lowest BCUT2D eigenvalue weighted by molar-refractivity contribution is 0.0998. The van der Waals surface area contributed by atoms with Gasteiger partial charge in [0.05, 0.1) is 17.3 Å². The second kappa shape index (κ2) is 5.89. The van der Waals surface area contributed by atoms with Crippen LogP contribution >= 0.6 is 11.3 Å². The van der Waals surface area contributed by atoms with Crippen molar-refractivity contribution in [3.8, 4) is 5.75 Å². The Morgan fingerprint density at radius 1 is 1.24 bits per heavy atom. The zero-order valence-electron chi connectivity index (χ0n) is 14.0. The highest BCUT2D eigenvalue weighted by molar-refractivity contribution is 7.22. The number of nitrogens with zero attached hydrogens (tertiary/aromatic N) is 1. The van der Waals surface area contributed by atoms with Crippen LogP contribution in [0.15, 0.2) is 40.8 Å². The number of rotatable bonds is 3. The van der Waals surface area contributed by atoms with E-state index in [0.717, 1.165) is 26.7 Å². The molecule has 126 valence electrons. The standard InChI is InChI=1S/C19H16N2O3S/c1-10-5-4-6-15-16(10)20-19(25-15)21-18(22)17-11(2)13-8-7-12(23-3)9-14(13)24-17/h4-9H,1-3H3,(H,20,21,22). The number of amides is 1. The van der Waals surface area contributed by atoms with Crippen molar-refractivity contribution in [2.45, 2.75) is 13.8 Å².